The summed E-state index contributed by atoms with van der Waals surface area (Å²) in [6.07, 6.45) is 0. The first-order valence-electron chi connectivity index (χ1n) is 4.99. The Morgan fingerprint density at radius 2 is 1.75 bits per heavy atom. The first kappa shape index (κ1) is 10.8. The normalized spacial score (nSPS) is 10.4. The van der Waals surface area contributed by atoms with E-state index >= 15 is 0 Å². The van der Waals surface area contributed by atoms with Crippen LogP contribution in [0.3, 0.4) is 0 Å². The topological polar surface area (TPSA) is 55.3 Å². The van der Waals surface area contributed by atoms with Crippen LogP contribution in [0, 0.1) is 0 Å². The maximum absolute atomic E-state index is 5.79. The molecule has 84 valence electrons. The van der Waals surface area contributed by atoms with Crippen molar-refractivity contribution in [3.63, 3.8) is 0 Å². The molecule has 0 aliphatic rings. The number of anilines is 3. The first-order chi connectivity index (χ1) is 7.58. The second kappa shape index (κ2) is 4.06. The third-order valence-corrected chi connectivity index (χ3v) is 3.54. The van der Waals surface area contributed by atoms with Crippen molar-refractivity contribution < 1.29 is 0 Å². The number of hydrogen-bond donors (Lipinski definition) is 2. The minimum absolute atomic E-state index is 0.631. The minimum Gasteiger partial charge on any atom is -0.397 e. The lowest BCUT2D eigenvalue weighted by Crippen LogP contribution is -2.05. The maximum Gasteiger partial charge on any atom is 0.0909 e. The molecule has 0 spiro atoms. The SMILES string of the molecule is CN(C)c1cc(-c2ccc(N)c(N)c2)cs1. The molecular weight excluding hydrogens is 218 g/mol. The summed E-state index contributed by atoms with van der Waals surface area (Å²) >= 11 is 1.72. The molecule has 2 rings (SSSR count). The molecule has 3 nitrogen and oxygen atoms in total. The Kier molecular flexibility index (Phi) is 2.75. The summed E-state index contributed by atoms with van der Waals surface area (Å²) in [5, 5.41) is 3.35. The molecule has 0 atom stereocenters. The van der Waals surface area contributed by atoms with E-state index in [4.69, 9.17) is 11.5 Å². The maximum atomic E-state index is 5.79. The van der Waals surface area contributed by atoms with E-state index in [1.165, 1.54) is 10.6 Å². The van der Waals surface area contributed by atoms with E-state index in [0.717, 1.165) is 5.56 Å². The van der Waals surface area contributed by atoms with Gasteiger partial charge in [-0.25, -0.2) is 0 Å². The van der Waals surface area contributed by atoms with E-state index in [9.17, 15) is 0 Å². The lowest BCUT2D eigenvalue weighted by Gasteiger charge is -2.07. The number of nitrogens with zero attached hydrogens (tertiary/aromatic N) is 1. The van der Waals surface area contributed by atoms with Gasteiger partial charge in [0.05, 0.1) is 16.4 Å². The Bertz CT molecular complexity index is 503. The molecule has 0 unspecified atom stereocenters. The van der Waals surface area contributed by atoms with Crippen LogP contribution in [-0.2, 0) is 0 Å². The second-order valence-corrected chi connectivity index (χ2v) is 4.80. The summed E-state index contributed by atoms with van der Waals surface area (Å²) < 4.78 is 0. The lowest BCUT2D eigenvalue weighted by molar-refractivity contribution is 1.16. The summed E-state index contributed by atoms with van der Waals surface area (Å²) in [7, 11) is 4.07. The highest BCUT2D eigenvalue weighted by molar-refractivity contribution is 7.14. The molecule has 0 radical (unpaired) electrons. The van der Waals surface area contributed by atoms with Crippen molar-refractivity contribution in [3.05, 3.63) is 29.6 Å². The van der Waals surface area contributed by atoms with Gasteiger partial charge < -0.3 is 16.4 Å². The quantitative estimate of drug-likeness (QED) is 0.784. The number of rotatable bonds is 2. The summed E-state index contributed by atoms with van der Waals surface area (Å²) in [5.41, 5.74) is 15.0. The van der Waals surface area contributed by atoms with Crippen LogP contribution in [0.2, 0.25) is 0 Å². The van der Waals surface area contributed by atoms with Crippen molar-refractivity contribution >= 4 is 27.7 Å². The highest BCUT2D eigenvalue weighted by atomic mass is 32.1. The predicted octanol–water partition coefficient (Wildman–Crippen LogP) is 2.65. The molecule has 0 fully saturated rings. The predicted molar refractivity (Wildman–Crippen MR) is 72.9 cm³/mol. The zero-order valence-corrected chi connectivity index (χ0v) is 10.2. The molecule has 0 saturated heterocycles. The summed E-state index contributed by atoms with van der Waals surface area (Å²) in [5.74, 6) is 0. The van der Waals surface area contributed by atoms with Gasteiger partial charge in [-0.05, 0) is 29.3 Å². The van der Waals surface area contributed by atoms with Crippen LogP contribution < -0.4 is 16.4 Å². The van der Waals surface area contributed by atoms with Gasteiger partial charge in [0, 0.05) is 19.5 Å². The number of nitrogen functional groups attached to an aromatic ring is 2. The average Bonchev–Trinajstić information content (AvgIpc) is 2.71. The van der Waals surface area contributed by atoms with Crippen LogP contribution in [0.4, 0.5) is 16.4 Å². The average molecular weight is 233 g/mol. The fraction of sp³-hybridized carbons (Fsp3) is 0.167. The van der Waals surface area contributed by atoms with Gasteiger partial charge in [-0.2, -0.15) is 0 Å². The smallest absolute Gasteiger partial charge is 0.0909 e. The highest BCUT2D eigenvalue weighted by Gasteiger charge is 2.05. The van der Waals surface area contributed by atoms with Crippen LogP contribution in [-0.4, -0.2) is 14.1 Å². The van der Waals surface area contributed by atoms with Crippen LogP contribution in [0.5, 0.6) is 0 Å². The number of hydrogen-bond acceptors (Lipinski definition) is 4. The van der Waals surface area contributed by atoms with Crippen molar-refractivity contribution in [1.82, 2.24) is 0 Å². The molecule has 1 aromatic heterocycles. The molecule has 1 aromatic carbocycles. The van der Waals surface area contributed by atoms with Gasteiger partial charge in [-0.15, -0.1) is 11.3 Å². The van der Waals surface area contributed by atoms with E-state index in [0.29, 0.717) is 11.4 Å². The van der Waals surface area contributed by atoms with E-state index in [1.807, 2.05) is 32.3 Å². The zero-order valence-electron chi connectivity index (χ0n) is 9.40. The number of benzene rings is 1. The molecule has 0 saturated carbocycles. The third-order valence-electron chi connectivity index (χ3n) is 2.45. The first-order valence-corrected chi connectivity index (χ1v) is 5.87. The molecule has 4 heteroatoms. The van der Waals surface area contributed by atoms with E-state index < -0.39 is 0 Å². The van der Waals surface area contributed by atoms with Crippen molar-refractivity contribution in [2.24, 2.45) is 0 Å². The fourth-order valence-corrected chi connectivity index (χ4v) is 2.32. The molecule has 16 heavy (non-hydrogen) atoms. The summed E-state index contributed by atoms with van der Waals surface area (Å²) in [6, 6.07) is 7.90. The summed E-state index contributed by atoms with van der Waals surface area (Å²) in [6.45, 7) is 0. The molecule has 1 heterocycles. The fourth-order valence-electron chi connectivity index (χ4n) is 1.47. The van der Waals surface area contributed by atoms with Gasteiger partial charge in [-0.1, -0.05) is 6.07 Å². The molecule has 4 N–H and O–H groups in total. The van der Waals surface area contributed by atoms with Gasteiger partial charge in [0.1, 0.15) is 0 Å². The Balaban J connectivity index is 2.39. The monoisotopic (exact) mass is 233 g/mol. The zero-order chi connectivity index (χ0) is 11.7. The highest BCUT2D eigenvalue weighted by Crippen LogP contribution is 2.32. The number of nitrogens with two attached hydrogens (primary N) is 2. The Morgan fingerprint density at radius 1 is 1.00 bits per heavy atom. The Hall–Kier alpha value is -1.68. The van der Waals surface area contributed by atoms with Crippen molar-refractivity contribution in [2.75, 3.05) is 30.5 Å². The van der Waals surface area contributed by atoms with Crippen LogP contribution in [0.1, 0.15) is 0 Å². The lowest BCUT2D eigenvalue weighted by atomic mass is 10.1. The molecule has 0 amide bonds. The molecular formula is C12H15N3S. The standard InChI is InChI=1S/C12H15N3S/c1-15(2)12-6-9(7-16-12)8-3-4-10(13)11(14)5-8/h3-7H,13-14H2,1-2H3. The van der Waals surface area contributed by atoms with Crippen LogP contribution in [0.25, 0.3) is 11.1 Å². The van der Waals surface area contributed by atoms with Gasteiger partial charge >= 0.3 is 0 Å². The van der Waals surface area contributed by atoms with Crippen LogP contribution >= 0.6 is 11.3 Å². The van der Waals surface area contributed by atoms with Crippen molar-refractivity contribution in [2.45, 2.75) is 0 Å². The van der Waals surface area contributed by atoms with E-state index in [1.54, 1.807) is 11.3 Å². The van der Waals surface area contributed by atoms with Crippen molar-refractivity contribution in [1.29, 1.82) is 0 Å². The van der Waals surface area contributed by atoms with Gasteiger partial charge in [0.2, 0.25) is 0 Å². The molecule has 2 aromatic rings. The van der Waals surface area contributed by atoms with Crippen molar-refractivity contribution in [3.8, 4) is 11.1 Å². The largest absolute Gasteiger partial charge is 0.397 e. The molecule has 0 aliphatic heterocycles. The Morgan fingerprint density at radius 3 is 2.31 bits per heavy atom. The van der Waals surface area contributed by atoms with E-state index in [2.05, 4.69) is 16.3 Å². The third kappa shape index (κ3) is 1.97. The van der Waals surface area contributed by atoms with Crippen LogP contribution in [0.15, 0.2) is 29.6 Å². The van der Waals surface area contributed by atoms with Gasteiger partial charge in [0.15, 0.2) is 0 Å². The van der Waals surface area contributed by atoms with Gasteiger partial charge in [-0.3, -0.25) is 0 Å². The molecule has 0 bridgehead atoms. The minimum atomic E-state index is 0.631. The Labute approximate surface area is 99.3 Å². The molecule has 0 aliphatic carbocycles. The number of thiophene rings is 1. The summed E-state index contributed by atoms with van der Waals surface area (Å²) in [4.78, 5) is 2.09. The van der Waals surface area contributed by atoms with Gasteiger partial charge in [0.25, 0.3) is 0 Å². The second-order valence-electron chi connectivity index (χ2n) is 3.91. The van der Waals surface area contributed by atoms with E-state index in [-0.39, 0.29) is 0 Å².